The summed E-state index contributed by atoms with van der Waals surface area (Å²) in [4.78, 5) is 39.1. The number of fused-ring (bicyclic) bond motifs is 3. The summed E-state index contributed by atoms with van der Waals surface area (Å²) in [5.41, 5.74) is -3.91. The van der Waals surface area contributed by atoms with Gasteiger partial charge in [0.25, 0.3) is 5.91 Å². The number of likely N-dealkylation sites (N-methyl/N-ethyl adjacent to an activating group) is 1. The minimum Gasteiger partial charge on any atom is -0.508 e. The fourth-order valence-electron chi connectivity index (χ4n) is 5.32. The molecule has 1 saturated carbocycles. The van der Waals surface area contributed by atoms with Crippen LogP contribution in [0.5, 0.6) is 5.75 Å². The van der Waals surface area contributed by atoms with Crippen LogP contribution in [0.1, 0.15) is 26.3 Å². The molecule has 11 heteroatoms. The number of phenolic OH excluding ortho intramolecular Hbond substituents is 1. The van der Waals surface area contributed by atoms with Gasteiger partial charge in [0, 0.05) is 8.22 Å². The molecule has 6 atom stereocenters. The molecule has 1 fully saturated rings. The molecule has 1 aromatic rings. The second kappa shape index (κ2) is 6.87. The molecular formula is C22H24N2O9. The van der Waals surface area contributed by atoms with E-state index in [1.54, 1.807) is 0 Å². The lowest BCUT2D eigenvalue weighted by Crippen LogP contribution is -2.71. The molecule has 0 heterocycles. The van der Waals surface area contributed by atoms with Gasteiger partial charge in [0.2, 0.25) is 5.78 Å². The summed E-state index contributed by atoms with van der Waals surface area (Å²) in [7, 11) is 0. The number of aliphatic hydroxyl groups excluding tert-OH is 3. The van der Waals surface area contributed by atoms with Crippen LogP contribution in [0, 0.1) is 11.8 Å². The molecule has 3 aliphatic rings. The van der Waals surface area contributed by atoms with E-state index in [1.165, 1.54) is 12.1 Å². The Morgan fingerprint density at radius 1 is 1.18 bits per heavy atom. The van der Waals surface area contributed by atoms with Gasteiger partial charge in [-0.1, -0.05) is 12.1 Å². The smallest absolute Gasteiger partial charge is 0.255 e. The standard InChI is InChI=1S/C22H24N2O9/c1-21(32)7-5-4-6-8(25)9(7)15(26)10-12(21)17(28)13-14(24(2)3)16(27)11(20(23)31)19(30)22(13,33)18(10)29/h4-6,12-14,17,25-26,28,30,32-33H,1-3H3,(H2,23,31)/t12-,13-,14+,17+,21-,22+/m0/s1/i2D3,3D3. The number of benzene rings is 1. The predicted molar refractivity (Wildman–Crippen MR) is 112 cm³/mol. The minimum atomic E-state index is -3.67. The summed E-state index contributed by atoms with van der Waals surface area (Å²) < 4.78 is 46.6. The Balaban J connectivity index is 2.14. The van der Waals surface area contributed by atoms with Crippen LogP contribution >= 0.6 is 0 Å². The Hall–Kier alpha value is -3.25. The second-order valence-electron chi connectivity index (χ2n) is 8.47. The molecule has 0 aliphatic heterocycles. The Morgan fingerprint density at radius 3 is 2.39 bits per heavy atom. The van der Waals surface area contributed by atoms with Crippen LogP contribution < -0.4 is 5.73 Å². The van der Waals surface area contributed by atoms with Crippen molar-refractivity contribution in [2.24, 2.45) is 17.6 Å². The van der Waals surface area contributed by atoms with E-state index in [0.717, 1.165) is 13.0 Å². The van der Waals surface area contributed by atoms with Crippen LogP contribution in [0.3, 0.4) is 0 Å². The van der Waals surface area contributed by atoms with Crippen molar-refractivity contribution >= 4 is 23.2 Å². The van der Waals surface area contributed by atoms with Crippen molar-refractivity contribution in [3.8, 4) is 5.75 Å². The normalized spacial score (nSPS) is 39.4. The van der Waals surface area contributed by atoms with Crippen molar-refractivity contribution in [2.45, 2.75) is 30.3 Å². The molecule has 0 bridgehead atoms. The number of hydrogen-bond donors (Lipinski definition) is 7. The average molecular weight is 466 g/mol. The van der Waals surface area contributed by atoms with Crippen molar-refractivity contribution in [1.82, 2.24) is 4.90 Å². The molecule has 1 amide bonds. The van der Waals surface area contributed by atoms with Crippen molar-refractivity contribution in [2.75, 3.05) is 14.0 Å². The second-order valence-corrected chi connectivity index (χ2v) is 8.47. The summed E-state index contributed by atoms with van der Waals surface area (Å²) in [6, 6.07) is 0.885. The van der Waals surface area contributed by atoms with E-state index < -0.39 is 101 Å². The minimum absolute atomic E-state index is 0.217. The molecule has 176 valence electrons. The van der Waals surface area contributed by atoms with Gasteiger partial charge in [0.15, 0.2) is 11.4 Å². The zero-order valence-electron chi connectivity index (χ0n) is 23.0. The van der Waals surface area contributed by atoms with Gasteiger partial charge in [-0.15, -0.1) is 0 Å². The van der Waals surface area contributed by atoms with Crippen molar-refractivity contribution in [1.29, 1.82) is 0 Å². The van der Waals surface area contributed by atoms with Crippen LogP contribution in [-0.4, -0.2) is 84.7 Å². The van der Waals surface area contributed by atoms with Crippen molar-refractivity contribution < 1.29 is 53.2 Å². The number of nitrogens with two attached hydrogens (primary N) is 1. The van der Waals surface area contributed by atoms with Crippen LogP contribution in [-0.2, 0) is 20.0 Å². The van der Waals surface area contributed by atoms with Gasteiger partial charge in [-0.05, 0) is 32.5 Å². The number of primary amides is 1. The Morgan fingerprint density at radius 2 is 1.82 bits per heavy atom. The molecule has 8 N–H and O–H groups in total. The van der Waals surface area contributed by atoms with Crippen LogP contribution in [0.4, 0.5) is 0 Å². The Kier molecular flexibility index (Phi) is 3.41. The zero-order chi connectivity index (χ0) is 29.8. The van der Waals surface area contributed by atoms with Crippen LogP contribution in [0.15, 0.2) is 35.1 Å². The summed E-state index contributed by atoms with van der Waals surface area (Å²) >= 11 is 0. The molecule has 3 aliphatic carbocycles. The fraction of sp³-hybridized carbons (Fsp3) is 0.409. The van der Waals surface area contributed by atoms with E-state index in [0.29, 0.717) is 0 Å². The van der Waals surface area contributed by atoms with Gasteiger partial charge in [-0.25, -0.2) is 0 Å². The van der Waals surface area contributed by atoms with E-state index in [9.17, 15) is 45.0 Å². The first-order chi connectivity index (χ1) is 17.6. The lowest BCUT2D eigenvalue weighted by molar-refractivity contribution is -0.181. The van der Waals surface area contributed by atoms with E-state index in [1.807, 2.05) is 0 Å². The van der Waals surface area contributed by atoms with Gasteiger partial charge in [0.05, 0.1) is 40.7 Å². The highest BCUT2D eigenvalue weighted by Gasteiger charge is 2.70. The SMILES string of the molecule is [2H]C([2H])([2H])N([C@H]1C(=O)C(C(N)=O)=C(O)[C@]2(O)C(=O)C3=C(O)c4c(O)cccc4[C@](C)(O)[C@@H]3[C@@H](O)[C@H]12)C([2H])([2H])[2H]. The monoisotopic (exact) mass is 466 g/mol. The topological polar surface area (TPSA) is 202 Å². The number of phenols is 1. The third-order valence-electron chi connectivity index (χ3n) is 6.76. The Labute approximate surface area is 196 Å². The third-order valence-corrected chi connectivity index (χ3v) is 6.76. The largest absolute Gasteiger partial charge is 0.508 e. The van der Waals surface area contributed by atoms with Gasteiger partial charge < -0.3 is 36.4 Å². The van der Waals surface area contributed by atoms with E-state index in [4.69, 9.17) is 14.0 Å². The van der Waals surface area contributed by atoms with E-state index in [2.05, 4.69) is 0 Å². The highest BCUT2D eigenvalue weighted by molar-refractivity contribution is 6.24. The number of aromatic hydroxyl groups is 1. The number of Topliss-reactive ketones (excluding diaryl/α,β-unsaturated/α-hetero) is 2. The molecule has 4 rings (SSSR count). The number of ketones is 2. The fourth-order valence-corrected chi connectivity index (χ4v) is 5.32. The number of carbonyl (C=O) groups excluding carboxylic acids is 3. The predicted octanol–water partition coefficient (Wildman–Crippen LogP) is -1.40. The third kappa shape index (κ3) is 2.61. The average Bonchev–Trinajstić information content (AvgIpc) is 2.76. The lowest BCUT2D eigenvalue weighted by Gasteiger charge is -2.55. The van der Waals surface area contributed by atoms with Gasteiger partial charge in [0.1, 0.15) is 22.8 Å². The number of carbonyl (C=O) groups is 3. The van der Waals surface area contributed by atoms with Gasteiger partial charge in [-0.2, -0.15) is 0 Å². The van der Waals surface area contributed by atoms with Crippen LogP contribution in [0.25, 0.3) is 5.76 Å². The maximum Gasteiger partial charge on any atom is 0.255 e. The number of hydrogen-bond acceptors (Lipinski definition) is 10. The molecule has 0 saturated heterocycles. The van der Waals surface area contributed by atoms with Crippen molar-refractivity contribution in [3.05, 3.63) is 46.2 Å². The molecule has 0 aromatic heterocycles. The maximum absolute atomic E-state index is 13.9. The highest BCUT2D eigenvalue weighted by atomic mass is 16.4. The molecule has 1 aromatic carbocycles. The summed E-state index contributed by atoms with van der Waals surface area (Å²) in [5, 5.41) is 67.0. The first-order valence-electron chi connectivity index (χ1n) is 12.6. The molecule has 11 nitrogen and oxygen atoms in total. The number of rotatable bonds is 2. The van der Waals surface area contributed by atoms with Gasteiger partial charge in [-0.3, -0.25) is 19.3 Å². The maximum atomic E-state index is 13.9. The first kappa shape index (κ1) is 16.4. The lowest BCUT2D eigenvalue weighted by atomic mass is 9.53. The van der Waals surface area contributed by atoms with Crippen molar-refractivity contribution in [3.63, 3.8) is 0 Å². The molecule has 33 heavy (non-hydrogen) atoms. The molecule has 0 spiro atoms. The Bertz CT molecular complexity index is 1370. The van der Waals surface area contributed by atoms with E-state index in [-0.39, 0.29) is 10.5 Å². The van der Waals surface area contributed by atoms with Crippen LogP contribution in [0.2, 0.25) is 0 Å². The number of amides is 1. The zero-order valence-corrected chi connectivity index (χ0v) is 17.0. The quantitative estimate of drug-likeness (QED) is 0.254. The highest BCUT2D eigenvalue weighted by Crippen LogP contribution is 2.57. The van der Waals surface area contributed by atoms with E-state index >= 15 is 0 Å². The van der Waals surface area contributed by atoms with Gasteiger partial charge >= 0.3 is 0 Å². The number of nitrogens with zero attached hydrogens (tertiary/aromatic N) is 1. The summed E-state index contributed by atoms with van der Waals surface area (Å²) in [6.45, 7) is -6.29. The number of aliphatic hydroxyl groups is 5. The first-order valence-corrected chi connectivity index (χ1v) is 9.63. The summed E-state index contributed by atoms with van der Waals surface area (Å²) in [5.74, 6) is -13.0. The molecule has 0 radical (unpaired) electrons. The summed E-state index contributed by atoms with van der Waals surface area (Å²) in [6.07, 6.45) is -2.42. The molecule has 0 unspecified atom stereocenters. The molecular weight excluding hydrogens is 436 g/mol.